The van der Waals surface area contributed by atoms with E-state index in [-0.39, 0.29) is 0 Å². The van der Waals surface area contributed by atoms with Crippen molar-refractivity contribution in [2.75, 3.05) is 11.6 Å². The van der Waals surface area contributed by atoms with Gasteiger partial charge in [0.25, 0.3) is 0 Å². The van der Waals surface area contributed by atoms with Gasteiger partial charge < -0.3 is 10.4 Å². The van der Waals surface area contributed by atoms with E-state index >= 15 is 0 Å². The number of rotatable bonds is 5. The molecular formula is C15H15NO2S. The minimum absolute atomic E-state index is 0.744. The fraction of sp³-hybridized carbons (Fsp3) is 0.133. The lowest BCUT2D eigenvalue weighted by Crippen LogP contribution is -2.21. The number of carboxylic acid groups (broad SMARTS) is 1. The molecule has 2 N–H and O–H groups in total. The van der Waals surface area contributed by atoms with Crippen LogP contribution in [0.5, 0.6) is 0 Å². The van der Waals surface area contributed by atoms with Crippen LogP contribution in [0.15, 0.2) is 59.5 Å². The molecule has 0 radical (unpaired) electrons. The predicted molar refractivity (Wildman–Crippen MR) is 78.7 cm³/mol. The van der Waals surface area contributed by atoms with E-state index in [0.717, 1.165) is 16.1 Å². The highest BCUT2D eigenvalue weighted by molar-refractivity contribution is 7.98. The number of carboxylic acids is 1. The number of para-hydroxylation sites is 1. The van der Waals surface area contributed by atoms with E-state index in [0.29, 0.717) is 0 Å². The molecule has 0 saturated carbocycles. The molecule has 98 valence electrons. The van der Waals surface area contributed by atoms with Crippen LogP contribution in [0.3, 0.4) is 0 Å². The molecule has 0 fully saturated rings. The van der Waals surface area contributed by atoms with Crippen molar-refractivity contribution in [3.8, 4) is 0 Å². The molecule has 0 spiro atoms. The lowest BCUT2D eigenvalue weighted by atomic mass is 10.1. The van der Waals surface area contributed by atoms with Gasteiger partial charge in [-0.1, -0.05) is 36.4 Å². The van der Waals surface area contributed by atoms with Crippen molar-refractivity contribution in [2.45, 2.75) is 10.9 Å². The maximum atomic E-state index is 11.5. The minimum atomic E-state index is -0.884. The molecule has 0 heterocycles. The first-order chi connectivity index (χ1) is 9.22. The molecule has 19 heavy (non-hydrogen) atoms. The third kappa shape index (κ3) is 3.29. The number of aliphatic carboxylic acids is 1. The molecule has 0 aliphatic rings. The Morgan fingerprint density at radius 1 is 1.11 bits per heavy atom. The van der Waals surface area contributed by atoms with Crippen molar-refractivity contribution in [3.05, 3.63) is 60.2 Å². The highest BCUT2D eigenvalue weighted by Gasteiger charge is 2.21. The van der Waals surface area contributed by atoms with E-state index in [4.69, 9.17) is 0 Å². The summed E-state index contributed by atoms with van der Waals surface area (Å²) in [7, 11) is 0. The zero-order chi connectivity index (χ0) is 13.7. The second-order valence-electron chi connectivity index (χ2n) is 4.02. The summed E-state index contributed by atoms with van der Waals surface area (Å²) in [5, 5.41) is 12.5. The van der Waals surface area contributed by atoms with Crippen LogP contribution in [0.2, 0.25) is 0 Å². The number of thioether (sulfide) groups is 1. The number of hydrogen-bond acceptors (Lipinski definition) is 3. The summed E-state index contributed by atoms with van der Waals surface area (Å²) in [4.78, 5) is 12.5. The van der Waals surface area contributed by atoms with Crippen molar-refractivity contribution in [2.24, 2.45) is 0 Å². The molecule has 2 aromatic rings. The molecule has 2 aromatic carbocycles. The Kier molecular flexibility index (Phi) is 4.47. The van der Waals surface area contributed by atoms with Crippen LogP contribution in [-0.2, 0) is 4.79 Å². The number of anilines is 1. The third-order valence-corrected chi connectivity index (χ3v) is 3.59. The zero-order valence-electron chi connectivity index (χ0n) is 10.5. The van der Waals surface area contributed by atoms with E-state index in [1.807, 2.05) is 60.9 Å². The van der Waals surface area contributed by atoms with Gasteiger partial charge in [-0.15, -0.1) is 11.8 Å². The second-order valence-corrected chi connectivity index (χ2v) is 4.87. The summed E-state index contributed by atoms with van der Waals surface area (Å²) < 4.78 is 0. The van der Waals surface area contributed by atoms with Gasteiger partial charge >= 0.3 is 5.97 Å². The number of carbonyl (C=O) groups is 1. The Bertz CT molecular complexity index is 557. The first-order valence-corrected chi connectivity index (χ1v) is 7.12. The van der Waals surface area contributed by atoms with Crippen molar-refractivity contribution in [3.63, 3.8) is 0 Å². The molecule has 0 aliphatic carbocycles. The van der Waals surface area contributed by atoms with Crippen molar-refractivity contribution in [1.29, 1.82) is 0 Å². The molecule has 1 atom stereocenters. The summed E-state index contributed by atoms with van der Waals surface area (Å²) in [6.45, 7) is 0. The van der Waals surface area contributed by atoms with Crippen LogP contribution in [0.1, 0.15) is 11.6 Å². The standard InChI is InChI=1S/C15H15NO2S/c1-19-13-10-6-5-9-12(13)14(15(17)18)16-11-7-3-2-4-8-11/h2-10,14,16H,1H3,(H,17,18). The maximum absolute atomic E-state index is 11.5. The molecule has 4 heteroatoms. The molecule has 0 aliphatic heterocycles. The Morgan fingerprint density at radius 2 is 1.74 bits per heavy atom. The quantitative estimate of drug-likeness (QED) is 0.816. The second kappa shape index (κ2) is 6.29. The average Bonchev–Trinajstić information content (AvgIpc) is 2.45. The van der Waals surface area contributed by atoms with Crippen LogP contribution < -0.4 is 5.32 Å². The van der Waals surface area contributed by atoms with E-state index in [2.05, 4.69) is 5.32 Å². The Hall–Kier alpha value is -1.94. The lowest BCUT2D eigenvalue weighted by molar-refractivity contribution is -0.138. The van der Waals surface area contributed by atoms with Gasteiger partial charge in [0, 0.05) is 10.6 Å². The van der Waals surface area contributed by atoms with E-state index in [1.54, 1.807) is 11.8 Å². The van der Waals surface area contributed by atoms with Gasteiger partial charge in [-0.05, 0) is 30.0 Å². The van der Waals surface area contributed by atoms with E-state index in [9.17, 15) is 9.90 Å². The molecule has 0 aromatic heterocycles. The number of benzene rings is 2. The maximum Gasteiger partial charge on any atom is 0.330 e. The largest absolute Gasteiger partial charge is 0.479 e. The summed E-state index contributed by atoms with van der Waals surface area (Å²) in [6.07, 6.45) is 1.94. The third-order valence-electron chi connectivity index (χ3n) is 2.78. The lowest BCUT2D eigenvalue weighted by Gasteiger charge is -2.18. The van der Waals surface area contributed by atoms with Crippen molar-refractivity contribution < 1.29 is 9.90 Å². The smallest absolute Gasteiger partial charge is 0.330 e. The summed E-state index contributed by atoms with van der Waals surface area (Å²) >= 11 is 1.55. The normalized spacial score (nSPS) is 11.8. The van der Waals surface area contributed by atoms with Gasteiger partial charge in [-0.2, -0.15) is 0 Å². The van der Waals surface area contributed by atoms with Crippen LogP contribution in [0.25, 0.3) is 0 Å². The Labute approximate surface area is 116 Å². The summed E-state index contributed by atoms with van der Waals surface area (Å²) in [5.74, 6) is -0.884. The van der Waals surface area contributed by atoms with Gasteiger partial charge in [-0.25, -0.2) is 4.79 Å². The van der Waals surface area contributed by atoms with Crippen molar-refractivity contribution >= 4 is 23.4 Å². The fourth-order valence-electron chi connectivity index (χ4n) is 1.88. The van der Waals surface area contributed by atoms with Crippen LogP contribution in [-0.4, -0.2) is 17.3 Å². The highest BCUT2D eigenvalue weighted by Crippen LogP contribution is 2.28. The first kappa shape index (κ1) is 13.5. The molecular weight excluding hydrogens is 258 g/mol. The Balaban J connectivity index is 2.33. The van der Waals surface area contributed by atoms with E-state index in [1.165, 1.54) is 0 Å². The van der Waals surface area contributed by atoms with Crippen LogP contribution in [0.4, 0.5) is 5.69 Å². The molecule has 0 saturated heterocycles. The highest BCUT2D eigenvalue weighted by atomic mass is 32.2. The summed E-state index contributed by atoms with van der Waals surface area (Å²) in [5.41, 5.74) is 1.58. The minimum Gasteiger partial charge on any atom is -0.479 e. The number of hydrogen-bond donors (Lipinski definition) is 2. The van der Waals surface area contributed by atoms with Gasteiger partial charge in [0.15, 0.2) is 6.04 Å². The topological polar surface area (TPSA) is 49.3 Å². The van der Waals surface area contributed by atoms with Crippen LogP contribution in [0, 0.1) is 0 Å². The van der Waals surface area contributed by atoms with Crippen LogP contribution >= 0.6 is 11.8 Å². The first-order valence-electron chi connectivity index (χ1n) is 5.89. The Morgan fingerprint density at radius 3 is 2.37 bits per heavy atom. The van der Waals surface area contributed by atoms with Gasteiger partial charge in [0.05, 0.1) is 0 Å². The SMILES string of the molecule is CSc1ccccc1C(Nc1ccccc1)C(=O)O. The van der Waals surface area contributed by atoms with Gasteiger partial charge in [0.1, 0.15) is 0 Å². The monoisotopic (exact) mass is 273 g/mol. The predicted octanol–water partition coefficient (Wildman–Crippen LogP) is 3.65. The van der Waals surface area contributed by atoms with Crippen molar-refractivity contribution in [1.82, 2.24) is 0 Å². The van der Waals surface area contributed by atoms with Gasteiger partial charge in [0.2, 0.25) is 0 Å². The fourth-order valence-corrected chi connectivity index (χ4v) is 2.51. The molecule has 0 bridgehead atoms. The van der Waals surface area contributed by atoms with Gasteiger partial charge in [-0.3, -0.25) is 0 Å². The van der Waals surface area contributed by atoms with E-state index < -0.39 is 12.0 Å². The molecule has 1 unspecified atom stereocenters. The molecule has 0 amide bonds. The number of nitrogens with one attached hydrogen (secondary N) is 1. The summed E-state index contributed by atoms with van der Waals surface area (Å²) in [6, 6.07) is 16.2. The zero-order valence-corrected chi connectivity index (χ0v) is 11.4. The average molecular weight is 273 g/mol. The molecule has 2 rings (SSSR count). The molecule has 3 nitrogen and oxygen atoms in total.